The molecule has 0 N–H and O–H groups in total. The van der Waals surface area contributed by atoms with Gasteiger partial charge in [0.25, 0.3) is 0 Å². The van der Waals surface area contributed by atoms with Crippen molar-refractivity contribution in [3.8, 4) is 0 Å². The van der Waals surface area contributed by atoms with E-state index in [9.17, 15) is 16.8 Å². The summed E-state index contributed by atoms with van der Waals surface area (Å²) in [5.74, 6) is 0. The highest BCUT2D eigenvalue weighted by atomic mass is 32.2. The molecule has 0 aromatic heterocycles. The molecule has 0 bridgehead atoms. The molecule has 2 aromatic rings. The average Bonchev–Trinajstić information content (AvgIpc) is 2.88. The zero-order chi connectivity index (χ0) is 31.6. The summed E-state index contributed by atoms with van der Waals surface area (Å²) in [5, 5.41) is 0. The fraction of sp³-hybridized carbons (Fsp3) is 0.294. The zero-order valence-corrected chi connectivity index (χ0v) is 27.1. The minimum absolute atomic E-state index is 0.297. The highest BCUT2D eigenvalue weighted by Crippen LogP contribution is 2.32. The first kappa shape index (κ1) is 33.2. The molecule has 0 unspecified atom stereocenters. The maximum absolute atomic E-state index is 12.9. The van der Waals surface area contributed by atoms with Crippen LogP contribution in [0.5, 0.6) is 0 Å². The Labute approximate surface area is 252 Å². The lowest BCUT2D eigenvalue weighted by Crippen LogP contribution is -2.44. The predicted octanol–water partition coefficient (Wildman–Crippen LogP) is 6.89. The zero-order valence-electron chi connectivity index (χ0n) is 25.5. The van der Waals surface area contributed by atoms with Crippen LogP contribution in [0.4, 0.5) is 0 Å². The van der Waals surface area contributed by atoms with Crippen molar-refractivity contribution in [2.24, 2.45) is 0 Å². The third-order valence-electron chi connectivity index (χ3n) is 7.21. The summed E-state index contributed by atoms with van der Waals surface area (Å²) in [4.78, 5) is 0.615. The van der Waals surface area contributed by atoms with Gasteiger partial charge in [0.2, 0.25) is 20.0 Å². The molecule has 0 saturated heterocycles. The molecule has 2 aliphatic rings. The summed E-state index contributed by atoms with van der Waals surface area (Å²) in [6.07, 6.45) is 3.89. The van der Waals surface area contributed by atoms with Gasteiger partial charge in [-0.25, -0.2) is 16.8 Å². The van der Waals surface area contributed by atoms with Crippen LogP contribution in [0.25, 0.3) is 0 Å². The van der Waals surface area contributed by atoms with Gasteiger partial charge in [0.1, 0.15) is 0 Å². The maximum atomic E-state index is 12.9. The van der Waals surface area contributed by atoms with Crippen LogP contribution in [0, 0.1) is 13.8 Å². The van der Waals surface area contributed by atoms with E-state index in [2.05, 4.69) is 26.3 Å². The second kappa shape index (κ2) is 12.9. The fourth-order valence-electron chi connectivity index (χ4n) is 5.34. The van der Waals surface area contributed by atoms with Gasteiger partial charge in [0.15, 0.2) is 0 Å². The Balaban J connectivity index is 0.000000230. The second-order valence-corrected chi connectivity index (χ2v) is 15.1. The standard InChI is InChI=1S/2C17H21NO2S/c2*1-12(2)17-15(5)10-14(4)11-18(17)21(19,20)16-8-6-13(3)7-9-16/h2*6-10,17H,1,4,11H2,2-3,5H3/t2*17-/m11/s1. The molecule has 42 heavy (non-hydrogen) atoms. The van der Waals surface area contributed by atoms with E-state index < -0.39 is 20.0 Å². The molecule has 8 heteroatoms. The lowest BCUT2D eigenvalue weighted by molar-refractivity contribution is 0.394. The Morgan fingerprint density at radius 3 is 1.17 bits per heavy atom. The van der Waals surface area contributed by atoms with E-state index >= 15 is 0 Å². The van der Waals surface area contributed by atoms with Gasteiger partial charge < -0.3 is 0 Å². The highest BCUT2D eigenvalue weighted by molar-refractivity contribution is 7.89. The Morgan fingerprint density at radius 1 is 0.619 bits per heavy atom. The van der Waals surface area contributed by atoms with Gasteiger partial charge in [-0.05, 0) is 77.0 Å². The normalized spacial score (nSPS) is 20.2. The SMILES string of the molecule is C=C1C=C(C)[C@@H](C(=C)C)N(S(=O)(=O)c2ccc(C)cc2)C1.C=C1C=C(C)[C@@H](C(=C)C)N(S(=O)(=O)c2ccc(C)cc2)C1. The molecule has 0 aliphatic carbocycles. The predicted molar refractivity (Wildman–Crippen MR) is 173 cm³/mol. The molecule has 6 nitrogen and oxygen atoms in total. The molecular formula is C34H42N2O4S2. The minimum Gasteiger partial charge on any atom is -0.207 e. The van der Waals surface area contributed by atoms with Crippen molar-refractivity contribution in [2.45, 2.75) is 63.4 Å². The Kier molecular flexibility index (Phi) is 10.2. The van der Waals surface area contributed by atoms with E-state index in [-0.39, 0.29) is 12.1 Å². The van der Waals surface area contributed by atoms with E-state index in [1.807, 2.05) is 78.0 Å². The summed E-state index contributed by atoms with van der Waals surface area (Å²) in [5.41, 5.74) is 7.18. The van der Waals surface area contributed by atoms with Crippen molar-refractivity contribution in [1.82, 2.24) is 8.61 Å². The molecular weight excluding hydrogens is 565 g/mol. The largest absolute Gasteiger partial charge is 0.244 e. The van der Waals surface area contributed by atoms with Gasteiger partial charge >= 0.3 is 0 Å². The first-order valence-corrected chi connectivity index (χ1v) is 16.5. The van der Waals surface area contributed by atoms with E-state index in [4.69, 9.17) is 0 Å². The smallest absolute Gasteiger partial charge is 0.207 e. The van der Waals surface area contributed by atoms with Gasteiger partial charge in [0.05, 0.1) is 21.9 Å². The summed E-state index contributed by atoms with van der Waals surface area (Å²) >= 11 is 0. The van der Waals surface area contributed by atoms with Crippen molar-refractivity contribution in [3.63, 3.8) is 0 Å². The van der Waals surface area contributed by atoms with E-state index in [1.54, 1.807) is 24.3 Å². The first-order valence-electron chi connectivity index (χ1n) is 13.7. The molecule has 4 rings (SSSR count). The van der Waals surface area contributed by atoms with Crippen molar-refractivity contribution in [2.75, 3.05) is 13.1 Å². The van der Waals surface area contributed by atoms with Gasteiger partial charge in [0, 0.05) is 13.1 Å². The lowest BCUT2D eigenvalue weighted by Gasteiger charge is -2.35. The van der Waals surface area contributed by atoms with Crippen LogP contribution in [-0.4, -0.2) is 50.6 Å². The quantitative estimate of drug-likeness (QED) is 0.336. The molecule has 2 aromatic carbocycles. The Morgan fingerprint density at radius 2 is 0.905 bits per heavy atom. The molecule has 2 aliphatic heterocycles. The molecule has 0 saturated carbocycles. The minimum atomic E-state index is -3.57. The van der Waals surface area contributed by atoms with Crippen LogP contribution in [0.15, 0.2) is 130 Å². The number of nitrogens with zero attached hydrogens (tertiary/aromatic N) is 2. The van der Waals surface area contributed by atoms with Crippen LogP contribution in [-0.2, 0) is 20.0 Å². The third kappa shape index (κ3) is 7.18. The van der Waals surface area contributed by atoms with Gasteiger partial charge in [-0.1, -0.05) is 96.2 Å². The van der Waals surface area contributed by atoms with Crippen LogP contribution in [0.1, 0.15) is 38.8 Å². The van der Waals surface area contributed by atoms with Crippen LogP contribution >= 0.6 is 0 Å². The van der Waals surface area contributed by atoms with Crippen molar-refractivity contribution in [1.29, 1.82) is 0 Å². The molecule has 2 atom stereocenters. The topological polar surface area (TPSA) is 74.8 Å². The summed E-state index contributed by atoms with van der Waals surface area (Å²) < 4.78 is 54.7. The maximum Gasteiger partial charge on any atom is 0.244 e. The number of hydrogen-bond acceptors (Lipinski definition) is 4. The fourth-order valence-corrected chi connectivity index (χ4v) is 8.76. The van der Waals surface area contributed by atoms with Gasteiger partial charge in [-0.15, -0.1) is 0 Å². The monoisotopic (exact) mass is 606 g/mol. The van der Waals surface area contributed by atoms with Crippen molar-refractivity contribution >= 4 is 20.0 Å². The molecule has 0 amide bonds. The number of rotatable bonds is 6. The number of aryl methyl sites for hydroxylation is 2. The van der Waals surface area contributed by atoms with E-state index in [0.29, 0.717) is 22.9 Å². The lowest BCUT2D eigenvalue weighted by atomic mass is 9.96. The second-order valence-electron chi connectivity index (χ2n) is 11.3. The summed E-state index contributed by atoms with van der Waals surface area (Å²) in [7, 11) is -7.14. The van der Waals surface area contributed by atoms with E-state index in [0.717, 1.165) is 44.6 Å². The first-order chi connectivity index (χ1) is 19.5. The third-order valence-corrected chi connectivity index (χ3v) is 10.9. The Hall–Kier alpha value is -3.30. The average molecular weight is 607 g/mol. The van der Waals surface area contributed by atoms with Crippen LogP contribution < -0.4 is 0 Å². The van der Waals surface area contributed by atoms with Gasteiger partial charge in [-0.2, -0.15) is 8.61 Å². The number of benzene rings is 2. The molecule has 224 valence electrons. The highest BCUT2D eigenvalue weighted by Gasteiger charge is 2.36. The number of sulfonamides is 2. The Bertz CT molecular complexity index is 1550. The van der Waals surface area contributed by atoms with E-state index in [1.165, 1.54) is 8.61 Å². The molecule has 0 fully saturated rings. The van der Waals surface area contributed by atoms with Crippen LogP contribution in [0.3, 0.4) is 0 Å². The van der Waals surface area contributed by atoms with Crippen LogP contribution in [0.2, 0.25) is 0 Å². The molecule has 2 heterocycles. The van der Waals surface area contributed by atoms with Crippen molar-refractivity contribution in [3.05, 3.63) is 132 Å². The van der Waals surface area contributed by atoms with Gasteiger partial charge in [-0.3, -0.25) is 0 Å². The summed E-state index contributed by atoms with van der Waals surface area (Å²) in [6.45, 7) is 27.7. The molecule has 0 radical (unpaired) electrons. The number of hydrogen-bond donors (Lipinski definition) is 0. The summed E-state index contributed by atoms with van der Waals surface area (Å²) in [6, 6.07) is 13.2. The van der Waals surface area contributed by atoms with Crippen molar-refractivity contribution < 1.29 is 16.8 Å². The molecule has 0 spiro atoms.